The van der Waals surface area contributed by atoms with Gasteiger partial charge in [-0.1, -0.05) is 12.2 Å². The number of allylic oxidation sites excluding steroid dienone is 6. The third kappa shape index (κ3) is 2.96. The lowest BCUT2D eigenvalue weighted by molar-refractivity contribution is -0.115. The quantitative estimate of drug-likeness (QED) is 0.801. The summed E-state index contributed by atoms with van der Waals surface area (Å²) in [7, 11) is 0. The van der Waals surface area contributed by atoms with Crippen LogP contribution in [0.2, 0.25) is 0 Å². The van der Waals surface area contributed by atoms with Crippen molar-refractivity contribution < 1.29 is 33.0 Å². The molecule has 0 saturated heterocycles. The Kier molecular flexibility index (Phi) is 4.54. The molecule has 0 spiro atoms. The number of ketones is 2. The van der Waals surface area contributed by atoms with Crippen molar-refractivity contribution in [1.82, 2.24) is 0 Å². The number of halogens is 3. The molecule has 0 unspecified atom stereocenters. The first-order chi connectivity index (χ1) is 12.3. The molecular weight excluding hydrogens is 349 g/mol. The zero-order chi connectivity index (χ0) is 19.0. The van der Waals surface area contributed by atoms with Gasteiger partial charge in [0.2, 0.25) is 0 Å². The van der Waals surface area contributed by atoms with E-state index in [1.54, 1.807) is 0 Å². The molecule has 0 aromatic heterocycles. The topological polar surface area (TPSA) is 74.6 Å². The normalized spacial score (nSPS) is 17.7. The average Bonchev–Trinajstić information content (AvgIpc) is 2.57. The number of benzene rings is 1. The summed E-state index contributed by atoms with van der Waals surface area (Å²) >= 11 is 0. The van der Waals surface area contributed by atoms with Crippen molar-refractivity contribution in [2.45, 2.75) is 18.8 Å². The highest BCUT2D eigenvalue weighted by molar-refractivity contribution is 6.06. The first-order valence-electron chi connectivity index (χ1n) is 7.71. The molecule has 0 fully saturated rings. The number of aliphatic hydroxyl groups is 2. The zero-order valence-corrected chi connectivity index (χ0v) is 13.3. The minimum Gasteiger partial charge on any atom is -0.508 e. The van der Waals surface area contributed by atoms with Gasteiger partial charge in [0.25, 0.3) is 0 Å². The fourth-order valence-corrected chi connectivity index (χ4v) is 3.08. The number of hydrogen-bond donors (Lipinski definition) is 2. The smallest absolute Gasteiger partial charge is 0.194 e. The van der Waals surface area contributed by atoms with Crippen LogP contribution in [0.3, 0.4) is 0 Å². The standard InChI is InChI=1S/C19H13F3O4/c20-10-7-9(8-11(21)19(10)22)16(17-12(23)3-1-4-13(17)24)18-14(25)5-2-6-15(18)26/h1-3,5,7-8,16,23,25H,4,6H2. The van der Waals surface area contributed by atoms with Crippen LogP contribution >= 0.6 is 0 Å². The molecule has 0 radical (unpaired) electrons. The van der Waals surface area contributed by atoms with Gasteiger partial charge >= 0.3 is 0 Å². The summed E-state index contributed by atoms with van der Waals surface area (Å²) < 4.78 is 40.8. The summed E-state index contributed by atoms with van der Waals surface area (Å²) in [4.78, 5) is 24.7. The van der Waals surface area contributed by atoms with E-state index in [1.807, 2.05) is 0 Å². The number of Topliss-reactive ketones (excluding diaryl/α,β-unsaturated/α-hetero) is 2. The van der Waals surface area contributed by atoms with Crippen molar-refractivity contribution in [2.24, 2.45) is 0 Å². The van der Waals surface area contributed by atoms with Crippen LogP contribution < -0.4 is 0 Å². The van der Waals surface area contributed by atoms with E-state index in [4.69, 9.17) is 0 Å². The van der Waals surface area contributed by atoms with E-state index in [1.165, 1.54) is 24.3 Å². The fourth-order valence-electron chi connectivity index (χ4n) is 3.08. The van der Waals surface area contributed by atoms with E-state index < -0.39 is 46.5 Å². The van der Waals surface area contributed by atoms with Crippen LogP contribution in [0.5, 0.6) is 0 Å². The Bertz CT molecular complexity index is 867. The van der Waals surface area contributed by atoms with E-state index >= 15 is 0 Å². The predicted octanol–water partition coefficient (Wildman–Crippen LogP) is 3.87. The van der Waals surface area contributed by atoms with Gasteiger partial charge in [-0.2, -0.15) is 0 Å². The molecule has 0 bridgehead atoms. The molecule has 2 aliphatic rings. The lowest BCUT2D eigenvalue weighted by Gasteiger charge is -2.26. The monoisotopic (exact) mass is 362 g/mol. The van der Waals surface area contributed by atoms with Crippen molar-refractivity contribution >= 4 is 11.6 Å². The molecule has 0 saturated carbocycles. The fraction of sp³-hybridized carbons (Fsp3) is 0.158. The average molecular weight is 362 g/mol. The van der Waals surface area contributed by atoms with Gasteiger partial charge in [0.15, 0.2) is 29.0 Å². The highest BCUT2D eigenvalue weighted by atomic mass is 19.2. The van der Waals surface area contributed by atoms with Crippen molar-refractivity contribution in [1.29, 1.82) is 0 Å². The molecule has 1 aromatic carbocycles. The Balaban J connectivity index is 2.31. The minimum absolute atomic E-state index is 0.0971. The summed E-state index contributed by atoms with van der Waals surface area (Å²) in [5.74, 6) is -8.29. The maximum absolute atomic E-state index is 13.8. The van der Waals surface area contributed by atoms with E-state index in [2.05, 4.69) is 0 Å². The number of rotatable bonds is 3. The lowest BCUT2D eigenvalue weighted by atomic mass is 9.76. The van der Waals surface area contributed by atoms with Gasteiger partial charge in [-0.3, -0.25) is 9.59 Å². The maximum atomic E-state index is 13.8. The molecule has 4 nitrogen and oxygen atoms in total. The van der Waals surface area contributed by atoms with Gasteiger partial charge in [-0.05, 0) is 29.8 Å². The number of hydrogen-bond acceptors (Lipinski definition) is 4. The Morgan fingerprint density at radius 3 is 1.62 bits per heavy atom. The van der Waals surface area contributed by atoms with Crippen molar-refractivity contribution in [2.75, 3.05) is 0 Å². The summed E-state index contributed by atoms with van der Waals surface area (Å²) in [5.41, 5.74) is -0.844. The maximum Gasteiger partial charge on any atom is 0.194 e. The largest absolute Gasteiger partial charge is 0.508 e. The molecular formula is C19H13F3O4. The highest BCUT2D eigenvalue weighted by Crippen LogP contribution is 2.40. The highest BCUT2D eigenvalue weighted by Gasteiger charge is 2.36. The number of aliphatic hydroxyl groups excluding tert-OH is 2. The molecule has 2 N–H and O–H groups in total. The second-order valence-electron chi connectivity index (χ2n) is 5.89. The van der Waals surface area contributed by atoms with Gasteiger partial charge in [0, 0.05) is 29.9 Å². The summed E-state index contributed by atoms with van der Waals surface area (Å²) in [6.45, 7) is 0. The van der Waals surface area contributed by atoms with E-state index in [0.29, 0.717) is 12.1 Å². The first-order valence-corrected chi connectivity index (χ1v) is 7.71. The van der Waals surface area contributed by atoms with Crippen LogP contribution in [0.15, 0.2) is 59.1 Å². The Morgan fingerprint density at radius 1 is 0.808 bits per heavy atom. The van der Waals surface area contributed by atoms with Crippen molar-refractivity contribution in [3.8, 4) is 0 Å². The van der Waals surface area contributed by atoms with Gasteiger partial charge in [-0.25, -0.2) is 13.2 Å². The van der Waals surface area contributed by atoms with Crippen molar-refractivity contribution in [3.05, 3.63) is 82.1 Å². The molecule has 0 amide bonds. The molecule has 0 heterocycles. The van der Waals surface area contributed by atoms with Gasteiger partial charge in [-0.15, -0.1) is 0 Å². The molecule has 0 atom stereocenters. The molecule has 3 rings (SSSR count). The minimum atomic E-state index is -1.70. The Morgan fingerprint density at radius 2 is 1.23 bits per heavy atom. The molecule has 2 aliphatic carbocycles. The molecule has 1 aromatic rings. The molecule has 134 valence electrons. The van der Waals surface area contributed by atoms with Crippen molar-refractivity contribution in [3.63, 3.8) is 0 Å². The van der Waals surface area contributed by atoms with Crippen LogP contribution in [0, 0.1) is 17.5 Å². The van der Waals surface area contributed by atoms with Gasteiger partial charge in [0.1, 0.15) is 11.5 Å². The molecule has 0 aliphatic heterocycles. The molecule has 26 heavy (non-hydrogen) atoms. The van der Waals surface area contributed by atoms with Crippen LogP contribution in [0.1, 0.15) is 24.3 Å². The Labute approximate surface area is 146 Å². The first kappa shape index (κ1) is 17.7. The van der Waals surface area contributed by atoms with Crippen LogP contribution in [-0.2, 0) is 9.59 Å². The lowest BCUT2D eigenvalue weighted by Crippen LogP contribution is -2.24. The molecule has 7 heteroatoms. The zero-order valence-electron chi connectivity index (χ0n) is 13.3. The predicted molar refractivity (Wildman–Crippen MR) is 85.9 cm³/mol. The van der Waals surface area contributed by atoms with Crippen LogP contribution in [-0.4, -0.2) is 21.8 Å². The van der Waals surface area contributed by atoms with E-state index in [0.717, 1.165) is 0 Å². The van der Waals surface area contributed by atoms with Crippen LogP contribution in [0.4, 0.5) is 13.2 Å². The summed E-state index contributed by atoms with van der Waals surface area (Å²) in [5, 5.41) is 20.3. The summed E-state index contributed by atoms with van der Waals surface area (Å²) in [6, 6.07) is 1.28. The van der Waals surface area contributed by atoms with Gasteiger partial charge < -0.3 is 10.2 Å². The number of carbonyl (C=O) groups excluding carboxylic acids is 2. The Hall–Kier alpha value is -3.09. The third-order valence-electron chi connectivity index (χ3n) is 4.23. The second-order valence-corrected chi connectivity index (χ2v) is 5.89. The van der Waals surface area contributed by atoms with E-state index in [-0.39, 0.29) is 29.6 Å². The second kappa shape index (κ2) is 6.67. The SMILES string of the molecule is O=C1CC=CC(O)=C1C(C1=C(O)C=CCC1=O)c1cc(F)c(F)c(F)c1. The van der Waals surface area contributed by atoms with E-state index in [9.17, 15) is 33.0 Å². The summed E-state index contributed by atoms with van der Waals surface area (Å²) in [6.07, 6.45) is 5.03. The number of carbonyl (C=O) groups is 2. The van der Waals surface area contributed by atoms with Crippen LogP contribution in [0.25, 0.3) is 0 Å². The van der Waals surface area contributed by atoms with Gasteiger partial charge in [0.05, 0.1) is 0 Å². The third-order valence-corrected chi connectivity index (χ3v) is 4.23.